The molecule has 0 aliphatic heterocycles. The van der Waals surface area contributed by atoms with Gasteiger partial charge in [0.05, 0.1) is 0 Å². The quantitative estimate of drug-likeness (QED) is 0.851. The molecule has 0 aromatic heterocycles. The van der Waals surface area contributed by atoms with Gasteiger partial charge < -0.3 is 5.73 Å². The molecular formula is C13H17ClFNO. The van der Waals surface area contributed by atoms with Gasteiger partial charge in [0.15, 0.2) is 0 Å². The van der Waals surface area contributed by atoms with Gasteiger partial charge in [-0.2, -0.15) is 0 Å². The van der Waals surface area contributed by atoms with Crippen molar-refractivity contribution in [3.05, 3.63) is 34.6 Å². The molecule has 0 fully saturated rings. The van der Waals surface area contributed by atoms with Crippen LogP contribution in [0, 0.1) is 5.82 Å². The summed E-state index contributed by atoms with van der Waals surface area (Å²) in [5.74, 6) is -0.300. The van der Waals surface area contributed by atoms with Crippen LogP contribution in [0.2, 0.25) is 5.02 Å². The van der Waals surface area contributed by atoms with Crippen LogP contribution < -0.4 is 5.73 Å². The second-order valence-corrected chi connectivity index (χ2v) is 4.73. The van der Waals surface area contributed by atoms with E-state index in [4.69, 9.17) is 17.3 Å². The predicted molar refractivity (Wildman–Crippen MR) is 67.6 cm³/mol. The summed E-state index contributed by atoms with van der Waals surface area (Å²) >= 11 is 5.89. The highest BCUT2D eigenvalue weighted by Crippen LogP contribution is 2.18. The molecule has 2 N–H and O–H groups in total. The van der Waals surface area contributed by atoms with Crippen LogP contribution in [0.15, 0.2) is 18.2 Å². The van der Waals surface area contributed by atoms with E-state index in [1.165, 1.54) is 18.2 Å². The topological polar surface area (TPSA) is 43.1 Å². The molecule has 94 valence electrons. The van der Waals surface area contributed by atoms with Gasteiger partial charge in [0, 0.05) is 23.9 Å². The van der Waals surface area contributed by atoms with E-state index in [2.05, 4.69) is 0 Å². The fraction of sp³-hybridized carbons (Fsp3) is 0.462. The van der Waals surface area contributed by atoms with Crippen LogP contribution >= 0.6 is 11.6 Å². The number of halogens is 2. The minimum absolute atomic E-state index is 0.0677. The molecule has 1 aromatic carbocycles. The number of ketones is 1. The molecule has 1 rings (SSSR count). The van der Waals surface area contributed by atoms with Crippen LogP contribution in [-0.2, 0) is 11.2 Å². The molecule has 0 heterocycles. The molecule has 2 nitrogen and oxygen atoms in total. The molecule has 0 aliphatic rings. The van der Waals surface area contributed by atoms with Crippen molar-refractivity contribution in [1.29, 1.82) is 0 Å². The lowest BCUT2D eigenvalue weighted by Gasteiger charge is -2.05. The zero-order valence-electron chi connectivity index (χ0n) is 9.88. The average molecular weight is 258 g/mol. The summed E-state index contributed by atoms with van der Waals surface area (Å²) < 4.78 is 13.0. The average Bonchev–Trinajstić information content (AvgIpc) is 2.23. The number of hydrogen-bond donors (Lipinski definition) is 1. The molecule has 17 heavy (non-hydrogen) atoms. The van der Waals surface area contributed by atoms with Crippen LogP contribution in [0.1, 0.15) is 31.7 Å². The van der Waals surface area contributed by atoms with Crippen LogP contribution in [0.5, 0.6) is 0 Å². The van der Waals surface area contributed by atoms with Gasteiger partial charge in [0.2, 0.25) is 0 Å². The summed E-state index contributed by atoms with van der Waals surface area (Å²) in [6.45, 7) is 1.91. The minimum atomic E-state index is -0.368. The van der Waals surface area contributed by atoms with Crippen molar-refractivity contribution in [2.24, 2.45) is 5.73 Å². The Morgan fingerprint density at radius 1 is 1.53 bits per heavy atom. The van der Waals surface area contributed by atoms with Gasteiger partial charge in [-0.1, -0.05) is 11.6 Å². The molecule has 0 bridgehead atoms. The molecule has 4 heteroatoms. The van der Waals surface area contributed by atoms with Gasteiger partial charge >= 0.3 is 0 Å². The first-order valence-corrected chi connectivity index (χ1v) is 6.08. The van der Waals surface area contributed by atoms with E-state index >= 15 is 0 Å². The first-order chi connectivity index (χ1) is 7.99. The molecule has 0 amide bonds. The Kier molecular flexibility index (Phi) is 5.59. The van der Waals surface area contributed by atoms with E-state index in [1.807, 2.05) is 6.92 Å². The number of hydrogen-bond acceptors (Lipinski definition) is 2. The van der Waals surface area contributed by atoms with E-state index < -0.39 is 0 Å². The predicted octanol–water partition coefficient (Wildman–Crippen LogP) is 3.11. The Morgan fingerprint density at radius 3 is 2.88 bits per heavy atom. The maximum absolute atomic E-state index is 13.0. The summed E-state index contributed by atoms with van der Waals surface area (Å²) in [6, 6.07) is 4.18. The normalized spacial score (nSPS) is 12.5. The molecule has 0 saturated carbocycles. The van der Waals surface area contributed by atoms with Crippen molar-refractivity contribution in [1.82, 2.24) is 0 Å². The lowest BCUT2D eigenvalue weighted by Crippen LogP contribution is -2.15. The highest BCUT2D eigenvalue weighted by Gasteiger charge is 2.08. The molecule has 0 radical (unpaired) electrons. The van der Waals surface area contributed by atoms with Crippen LogP contribution in [-0.4, -0.2) is 11.8 Å². The number of benzene rings is 1. The molecule has 1 unspecified atom stereocenters. The number of nitrogens with two attached hydrogens (primary N) is 1. The monoisotopic (exact) mass is 257 g/mol. The van der Waals surface area contributed by atoms with Crippen molar-refractivity contribution < 1.29 is 9.18 Å². The molecule has 1 aromatic rings. The third-order valence-corrected chi connectivity index (χ3v) is 2.88. The van der Waals surface area contributed by atoms with Crippen LogP contribution in [0.25, 0.3) is 0 Å². The Hall–Kier alpha value is -0.930. The van der Waals surface area contributed by atoms with Gasteiger partial charge in [0.25, 0.3) is 0 Å². The van der Waals surface area contributed by atoms with Gasteiger partial charge in [-0.15, -0.1) is 0 Å². The number of carbonyl (C=O) groups excluding carboxylic acids is 1. The van der Waals surface area contributed by atoms with E-state index in [0.717, 1.165) is 12.8 Å². The van der Waals surface area contributed by atoms with Crippen LogP contribution in [0.3, 0.4) is 0 Å². The molecule has 1 atom stereocenters. The number of Topliss-reactive ketones (excluding diaryl/α,β-unsaturated/α-hetero) is 1. The zero-order chi connectivity index (χ0) is 12.8. The summed E-state index contributed by atoms with van der Waals surface area (Å²) in [6.07, 6.45) is 2.25. The standard InChI is InChI=1S/C13H17ClFNO/c1-9(16)3-2-4-12(17)8-10-7-11(15)5-6-13(10)14/h5-7,9H,2-4,8,16H2,1H3. The molecule has 0 aliphatic carbocycles. The fourth-order valence-electron chi connectivity index (χ4n) is 1.60. The van der Waals surface area contributed by atoms with Gasteiger partial charge in [-0.05, 0) is 43.5 Å². The second-order valence-electron chi connectivity index (χ2n) is 4.32. The first kappa shape index (κ1) is 14.1. The Labute approximate surface area is 106 Å². The number of rotatable bonds is 6. The van der Waals surface area contributed by atoms with Gasteiger partial charge in [-0.25, -0.2) is 4.39 Å². The van der Waals surface area contributed by atoms with Crippen LogP contribution in [0.4, 0.5) is 4.39 Å². The third kappa shape index (κ3) is 5.29. The second kappa shape index (κ2) is 6.72. The molecular weight excluding hydrogens is 241 g/mol. The van der Waals surface area contributed by atoms with E-state index in [-0.39, 0.29) is 24.1 Å². The van der Waals surface area contributed by atoms with Crippen molar-refractivity contribution in [3.63, 3.8) is 0 Å². The Balaban J connectivity index is 2.47. The third-order valence-electron chi connectivity index (χ3n) is 2.51. The summed E-state index contributed by atoms with van der Waals surface area (Å²) in [7, 11) is 0. The maximum Gasteiger partial charge on any atom is 0.137 e. The van der Waals surface area contributed by atoms with Crippen molar-refractivity contribution in [2.45, 2.75) is 38.6 Å². The highest BCUT2D eigenvalue weighted by atomic mass is 35.5. The van der Waals surface area contributed by atoms with Crippen molar-refractivity contribution in [3.8, 4) is 0 Å². The summed E-state index contributed by atoms with van der Waals surface area (Å²) in [5.41, 5.74) is 6.15. The molecule has 0 saturated heterocycles. The van der Waals surface area contributed by atoms with E-state index in [0.29, 0.717) is 17.0 Å². The van der Waals surface area contributed by atoms with Gasteiger partial charge in [0.1, 0.15) is 11.6 Å². The minimum Gasteiger partial charge on any atom is -0.328 e. The molecule has 0 spiro atoms. The maximum atomic E-state index is 13.0. The zero-order valence-corrected chi connectivity index (χ0v) is 10.6. The van der Waals surface area contributed by atoms with E-state index in [9.17, 15) is 9.18 Å². The summed E-state index contributed by atoms with van der Waals surface area (Å²) in [5, 5.41) is 0.437. The van der Waals surface area contributed by atoms with Crippen molar-refractivity contribution >= 4 is 17.4 Å². The Bertz CT molecular complexity index is 393. The smallest absolute Gasteiger partial charge is 0.137 e. The highest BCUT2D eigenvalue weighted by molar-refractivity contribution is 6.31. The fourth-order valence-corrected chi connectivity index (χ4v) is 1.79. The van der Waals surface area contributed by atoms with E-state index in [1.54, 1.807) is 0 Å². The van der Waals surface area contributed by atoms with Gasteiger partial charge in [-0.3, -0.25) is 4.79 Å². The largest absolute Gasteiger partial charge is 0.328 e. The summed E-state index contributed by atoms with van der Waals surface area (Å²) in [4.78, 5) is 11.6. The number of carbonyl (C=O) groups is 1. The SMILES string of the molecule is CC(N)CCCC(=O)Cc1cc(F)ccc1Cl. The van der Waals surface area contributed by atoms with Crippen molar-refractivity contribution in [2.75, 3.05) is 0 Å². The lowest BCUT2D eigenvalue weighted by atomic mass is 10.0. The lowest BCUT2D eigenvalue weighted by molar-refractivity contribution is -0.118. The first-order valence-electron chi connectivity index (χ1n) is 5.70. The Morgan fingerprint density at radius 2 is 2.24 bits per heavy atom.